The average Bonchev–Trinajstić information content (AvgIpc) is 2.32. The largest absolute Gasteiger partial charge is 0.324 e. The number of benzene rings is 1. The molecule has 0 amide bonds. The molecule has 0 aromatic heterocycles. The van der Waals surface area contributed by atoms with Crippen LogP contribution in [0.4, 0.5) is 0 Å². The second kappa shape index (κ2) is 5.73. The van der Waals surface area contributed by atoms with Crippen LogP contribution in [-0.4, -0.2) is 0 Å². The molecule has 2 rings (SSSR count). The molecule has 1 aliphatic carbocycles. The number of rotatable bonds is 2. The van der Waals surface area contributed by atoms with E-state index in [4.69, 9.17) is 17.3 Å². The molecule has 1 aromatic carbocycles. The molecule has 0 heterocycles. The SMILES string of the molecule is CC1CCCC(C(N)c2cccc(Br)c2Cl)C1. The van der Waals surface area contributed by atoms with Crippen molar-refractivity contribution in [1.82, 2.24) is 0 Å². The van der Waals surface area contributed by atoms with Crippen LogP contribution in [-0.2, 0) is 0 Å². The molecular formula is C14H19BrClN. The Hall–Kier alpha value is -0.0500. The van der Waals surface area contributed by atoms with Crippen LogP contribution in [0.3, 0.4) is 0 Å². The lowest BCUT2D eigenvalue weighted by atomic mass is 9.77. The average molecular weight is 317 g/mol. The zero-order valence-electron chi connectivity index (χ0n) is 10.1. The molecule has 0 radical (unpaired) electrons. The first-order valence-electron chi connectivity index (χ1n) is 6.29. The van der Waals surface area contributed by atoms with E-state index in [9.17, 15) is 0 Å². The van der Waals surface area contributed by atoms with Crippen LogP contribution in [0.2, 0.25) is 5.02 Å². The van der Waals surface area contributed by atoms with Gasteiger partial charge in [0.1, 0.15) is 0 Å². The van der Waals surface area contributed by atoms with E-state index in [0.717, 1.165) is 21.0 Å². The first-order valence-corrected chi connectivity index (χ1v) is 7.46. The fraction of sp³-hybridized carbons (Fsp3) is 0.571. The van der Waals surface area contributed by atoms with E-state index in [1.165, 1.54) is 25.7 Å². The third-order valence-electron chi connectivity index (χ3n) is 3.83. The van der Waals surface area contributed by atoms with E-state index in [1.54, 1.807) is 0 Å². The Bertz CT molecular complexity index is 394. The molecule has 0 bridgehead atoms. The highest BCUT2D eigenvalue weighted by Gasteiger charge is 2.26. The van der Waals surface area contributed by atoms with Gasteiger partial charge in [0.05, 0.1) is 5.02 Å². The summed E-state index contributed by atoms with van der Waals surface area (Å²) < 4.78 is 0.941. The molecule has 3 heteroatoms. The minimum absolute atomic E-state index is 0.0720. The monoisotopic (exact) mass is 315 g/mol. The molecule has 1 aliphatic rings. The first-order chi connectivity index (χ1) is 8.09. The van der Waals surface area contributed by atoms with Gasteiger partial charge in [0.25, 0.3) is 0 Å². The van der Waals surface area contributed by atoms with Gasteiger partial charge in [-0.15, -0.1) is 0 Å². The standard InChI is InChI=1S/C14H19BrClN/c1-9-4-2-5-10(8-9)14(17)11-6-3-7-12(15)13(11)16/h3,6-7,9-10,14H,2,4-5,8,17H2,1H3. The lowest BCUT2D eigenvalue weighted by Gasteiger charge is -2.31. The summed E-state index contributed by atoms with van der Waals surface area (Å²) in [4.78, 5) is 0. The third kappa shape index (κ3) is 3.04. The highest BCUT2D eigenvalue weighted by atomic mass is 79.9. The normalized spacial score (nSPS) is 26.8. The summed E-state index contributed by atoms with van der Waals surface area (Å²) in [5, 5.41) is 0.776. The molecule has 1 nitrogen and oxygen atoms in total. The van der Waals surface area contributed by atoms with Gasteiger partial charge in [0.15, 0.2) is 0 Å². The number of halogens is 2. The smallest absolute Gasteiger partial charge is 0.0595 e. The Balaban J connectivity index is 2.18. The molecule has 2 N–H and O–H groups in total. The van der Waals surface area contributed by atoms with Gasteiger partial charge in [-0.1, -0.05) is 43.5 Å². The summed E-state index contributed by atoms with van der Waals surface area (Å²) in [6, 6.07) is 6.10. The fourth-order valence-electron chi connectivity index (χ4n) is 2.84. The lowest BCUT2D eigenvalue weighted by Crippen LogP contribution is -2.26. The van der Waals surface area contributed by atoms with Crippen molar-refractivity contribution in [3.63, 3.8) is 0 Å². The Morgan fingerprint density at radius 1 is 1.41 bits per heavy atom. The highest BCUT2D eigenvalue weighted by molar-refractivity contribution is 9.10. The zero-order chi connectivity index (χ0) is 12.4. The van der Waals surface area contributed by atoms with Crippen molar-refractivity contribution in [3.05, 3.63) is 33.3 Å². The maximum atomic E-state index is 6.40. The fourth-order valence-corrected chi connectivity index (χ4v) is 3.47. The number of hydrogen-bond acceptors (Lipinski definition) is 1. The molecule has 0 aliphatic heterocycles. The van der Waals surface area contributed by atoms with E-state index in [1.807, 2.05) is 12.1 Å². The summed E-state index contributed by atoms with van der Waals surface area (Å²) in [5.74, 6) is 1.37. The second-order valence-corrected chi connectivity index (χ2v) is 6.43. The second-order valence-electron chi connectivity index (χ2n) is 5.20. The van der Waals surface area contributed by atoms with Crippen LogP contribution in [0.25, 0.3) is 0 Å². The minimum atomic E-state index is 0.0720. The van der Waals surface area contributed by atoms with Gasteiger partial charge >= 0.3 is 0 Å². The molecule has 3 atom stereocenters. The van der Waals surface area contributed by atoms with Gasteiger partial charge < -0.3 is 5.73 Å². The van der Waals surface area contributed by atoms with E-state index in [-0.39, 0.29) is 6.04 Å². The van der Waals surface area contributed by atoms with Crippen LogP contribution in [0.1, 0.15) is 44.2 Å². The summed E-state index contributed by atoms with van der Waals surface area (Å²) in [7, 11) is 0. The van der Waals surface area contributed by atoms with Crippen LogP contribution in [0.5, 0.6) is 0 Å². The highest BCUT2D eigenvalue weighted by Crippen LogP contribution is 2.39. The molecule has 0 spiro atoms. The van der Waals surface area contributed by atoms with Crippen molar-refractivity contribution in [2.75, 3.05) is 0 Å². The Morgan fingerprint density at radius 2 is 2.18 bits per heavy atom. The van der Waals surface area contributed by atoms with Gasteiger partial charge in [0, 0.05) is 10.5 Å². The lowest BCUT2D eigenvalue weighted by molar-refractivity contribution is 0.248. The van der Waals surface area contributed by atoms with Crippen LogP contribution in [0, 0.1) is 11.8 Å². The summed E-state index contributed by atoms with van der Waals surface area (Å²) >= 11 is 9.78. The Labute approximate surface area is 117 Å². The quantitative estimate of drug-likeness (QED) is 0.822. The predicted molar refractivity (Wildman–Crippen MR) is 77.2 cm³/mol. The van der Waals surface area contributed by atoms with Gasteiger partial charge in [-0.25, -0.2) is 0 Å². The molecule has 1 fully saturated rings. The van der Waals surface area contributed by atoms with Gasteiger partial charge in [-0.05, 0) is 52.2 Å². The van der Waals surface area contributed by atoms with Gasteiger partial charge in [0.2, 0.25) is 0 Å². The van der Waals surface area contributed by atoms with Crippen molar-refractivity contribution in [3.8, 4) is 0 Å². The Morgan fingerprint density at radius 3 is 2.88 bits per heavy atom. The van der Waals surface area contributed by atoms with E-state index in [0.29, 0.717) is 5.92 Å². The predicted octanol–water partition coefficient (Wildman–Crippen LogP) is 4.93. The zero-order valence-corrected chi connectivity index (χ0v) is 12.5. The molecule has 1 saturated carbocycles. The van der Waals surface area contributed by atoms with E-state index in [2.05, 4.69) is 28.9 Å². The summed E-state index contributed by atoms with van der Waals surface area (Å²) in [6.07, 6.45) is 5.10. The number of nitrogens with two attached hydrogens (primary N) is 1. The maximum absolute atomic E-state index is 6.40. The summed E-state index contributed by atoms with van der Waals surface area (Å²) in [6.45, 7) is 2.32. The molecule has 1 aromatic rings. The van der Waals surface area contributed by atoms with Crippen molar-refractivity contribution in [1.29, 1.82) is 0 Å². The van der Waals surface area contributed by atoms with E-state index < -0.39 is 0 Å². The molecule has 0 saturated heterocycles. The van der Waals surface area contributed by atoms with Gasteiger partial charge in [-0.2, -0.15) is 0 Å². The van der Waals surface area contributed by atoms with Crippen molar-refractivity contribution < 1.29 is 0 Å². The molecule has 94 valence electrons. The van der Waals surface area contributed by atoms with Crippen molar-refractivity contribution >= 4 is 27.5 Å². The molecule has 17 heavy (non-hydrogen) atoms. The van der Waals surface area contributed by atoms with Crippen LogP contribution in [0.15, 0.2) is 22.7 Å². The first kappa shape index (κ1) is 13.4. The number of hydrogen-bond donors (Lipinski definition) is 1. The van der Waals surface area contributed by atoms with Crippen molar-refractivity contribution in [2.24, 2.45) is 17.6 Å². The molecule has 3 unspecified atom stereocenters. The van der Waals surface area contributed by atoms with Crippen LogP contribution < -0.4 is 5.73 Å². The summed E-state index contributed by atoms with van der Waals surface area (Å²) in [5.41, 5.74) is 7.48. The third-order valence-corrected chi connectivity index (χ3v) is 5.14. The van der Waals surface area contributed by atoms with Gasteiger partial charge in [-0.3, -0.25) is 0 Å². The maximum Gasteiger partial charge on any atom is 0.0595 e. The van der Waals surface area contributed by atoms with Crippen molar-refractivity contribution in [2.45, 2.75) is 38.6 Å². The Kier molecular flexibility index (Phi) is 4.51. The topological polar surface area (TPSA) is 26.0 Å². The molecular weight excluding hydrogens is 298 g/mol. The van der Waals surface area contributed by atoms with Crippen LogP contribution >= 0.6 is 27.5 Å². The minimum Gasteiger partial charge on any atom is -0.324 e. The van der Waals surface area contributed by atoms with E-state index >= 15 is 0 Å².